The quantitative estimate of drug-likeness (QED) is 0.436. The van der Waals surface area contributed by atoms with Crippen molar-refractivity contribution >= 4 is 17.3 Å². The van der Waals surface area contributed by atoms with Crippen molar-refractivity contribution in [2.24, 2.45) is 10.7 Å². The normalized spacial score (nSPS) is 18.3. The Labute approximate surface area is 101 Å². The zero-order valence-corrected chi connectivity index (χ0v) is 10.2. The van der Waals surface area contributed by atoms with E-state index >= 15 is 0 Å². The van der Waals surface area contributed by atoms with Gasteiger partial charge in [-0.2, -0.15) is 0 Å². The molecule has 1 aliphatic heterocycles. The van der Waals surface area contributed by atoms with Crippen LogP contribution in [0.25, 0.3) is 0 Å². The first-order valence-corrected chi connectivity index (χ1v) is 5.91. The minimum absolute atomic E-state index is 0.656. The van der Waals surface area contributed by atoms with Crippen LogP contribution in [0.2, 0.25) is 0 Å². The Hall–Kier alpha value is -1.53. The fourth-order valence-electron chi connectivity index (χ4n) is 1.94. The van der Waals surface area contributed by atoms with E-state index in [2.05, 4.69) is 25.5 Å². The number of aromatic amines is 1. The number of H-pyrrole nitrogens is 1. The monoisotopic (exact) mass is 236 g/mol. The highest BCUT2D eigenvalue weighted by molar-refractivity contribution is 5.86. The largest absolute Gasteiger partial charge is 0.386 e. The standard InChI is InChI=1S/C11H20N6/c1-13-11-9(2-3-15-11)16-10(12)8-17-6-4-14-5-7-17/h2-3,13-15H,4-8H2,1H3,(H2,12,16). The van der Waals surface area contributed by atoms with E-state index in [1.165, 1.54) is 0 Å². The summed E-state index contributed by atoms with van der Waals surface area (Å²) in [6.07, 6.45) is 1.85. The van der Waals surface area contributed by atoms with E-state index in [-0.39, 0.29) is 0 Å². The molecule has 0 aromatic carbocycles. The molecule has 0 radical (unpaired) electrons. The molecule has 0 saturated carbocycles. The summed E-state index contributed by atoms with van der Waals surface area (Å²) in [5.74, 6) is 1.55. The molecule has 0 bridgehead atoms. The van der Waals surface area contributed by atoms with Gasteiger partial charge in [0.05, 0.1) is 6.54 Å². The molecule has 94 valence electrons. The highest BCUT2D eigenvalue weighted by Crippen LogP contribution is 2.21. The number of piperazine rings is 1. The Kier molecular flexibility index (Phi) is 4.00. The maximum absolute atomic E-state index is 5.97. The van der Waals surface area contributed by atoms with Gasteiger partial charge < -0.3 is 21.4 Å². The van der Waals surface area contributed by atoms with Crippen molar-refractivity contribution in [1.82, 2.24) is 15.2 Å². The smallest absolute Gasteiger partial charge is 0.129 e. The first kappa shape index (κ1) is 11.9. The molecule has 6 nitrogen and oxygen atoms in total. The second-order valence-electron chi connectivity index (χ2n) is 4.12. The SMILES string of the molecule is CNc1[nH]ccc1N=C(N)CN1CCNCC1. The fourth-order valence-corrected chi connectivity index (χ4v) is 1.94. The lowest BCUT2D eigenvalue weighted by Gasteiger charge is -2.26. The summed E-state index contributed by atoms with van der Waals surface area (Å²) < 4.78 is 0. The Morgan fingerprint density at radius 2 is 2.29 bits per heavy atom. The third-order valence-electron chi connectivity index (χ3n) is 2.83. The number of aromatic nitrogens is 1. The minimum atomic E-state index is 0.656. The molecule has 0 unspecified atom stereocenters. The topological polar surface area (TPSA) is 81.5 Å². The van der Waals surface area contributed by atoms with E-state index in [4.69, 9.17) is 5.73 Å². The molecule has 1 aliphatic rings. The van der Waals surface area contributed by atoms with Gasteiger partial charge in [0.2, 0.25) is 0 Å². The van der Waals surface area contributed by atoms with Crippen molar-refractivity contribution in [1.29, 1.82) is 0 Å². The summed E-state index contributed by atoms with van der Waals surface area (Å²) in [4.78, 5) is 9.80. The lowest BCUT2D eigenvalue weighted by molar-refractivity contribution is 0.271. The van der Waals surface area contributed by atoms with Gasteiger partial charge in [-0.25, -0.2) is 4.99 Å². The first-order chi connectivity index (χ1) is 8.29. The Bertz CT molecular complexity index is 377. The van der Waals surface area contributed by atoms with Crippen molar-refractivity contribution in [2.45, 2.75) is 0 Å². The molecule has 1 saturated heterocycles. The van der Waals surface area contributed by atoms with Gasteiger partial charge in [-0.05, 0) is 6.07 Å². The second-order valence-corrected chi connectivity index (χ2v) is 4.12. The molecule has 0 amide bonds. The van der Waals surface area contributed by atoms with Gasteiger partial charge in [-0.15, -0.1) is 0 Å². The number of anilines is 1. The van der Waals surface area contributed by atoms with Gasteiger partial charge in [0.15, 0.2) is 0 Å². The predicted molar refractivity (Wildman–Crippen MR) is 70.9 cm³/mol. The summed E-state index contributed by atoms with van der Waals surface area (Å²) in [7, 11) is 1.86. The van der Waals surface area contributed by atoms with Gasteiger partial charge in [0.1, 0.15) is 17.3 Å². The van der Waals surface area contributed by atoms with Gasteiger partial charge in [-0.3, -0.25) is 4.90 Å². The third-order valence-corrected chi connectivity index (χ3v) is 2.83. The van der Waals surface area contributed by atoms with Crippen molar-refractivity contribution < 1.29 is 0 Å². The molecule has 6 heteroatoms. The number of rotatable bonds is 4. The molecule has 1 fully saturated rings. The molecule has 0 atom stereocenters. The highest BCUT2D eigenvalue weighted by Gasteiger charge is 2.11. The number of hydrogen-bond acceptors (Lipinski definition) is 4. The Morgan fingerprint density at radius 3 is 3.00 bits per heavy atom. The van der Waals surface area contributed by atoms with Crippen molar-refractivity contribution in [3.8, 4) is 0 Å². The number of aliphatic imine (C=N–C) groups is 1. The minimum Gasteiger partial charge on any atom is -0.386 e. The molecule has 5 N–H and O–H groups in total. The molecular formula is C11H20N6. The molecular weight excluding hydrogens is 216 g/mol. The lowest BCUT2D eigenvalue weighted by Crippen LogP contribution is -2.46. The Balaban J connectivity index is 1.96. The maximum Gasteiger partial charge on any atom is 0.129 e. The van der Waals surface area contributed by atoms with Crippen LogP contribution in [0.4, 0.5) is 11.5 Å². The number of nitrogens with zero attached hydrogens (tertiary/aromatic N) is 2. The molecule has 0 spiro atoms. The van der Waals surface area contributed by atoms with Crippen LogP contribution in [0.3, 0.4) is 0 Å². The third kappa shape index (κ3) is 3.21. The lowest BCUT2D eigenvalue weighted by atomic mass is 10.3. The van der Waals surface area contributed by atoms with Crippen LogP contribution in [0.15, 0.2) is 17.3 Å². The van der Waals surface area contributed by atoms with Crippen LogP contribution >= 0.6 is 0 Å². The van der Waals surface area contributed by atoms with Gasteiger partial charge in [0, 0.05) is 39.4 Å². The number of nitrogens with two attached hydrogens (primary N) is 1. The molecule has 1 aromatic rings. The van der Waals surface area contributed by atoms with Crippen LogP contribution in [0.5, 0.6) is 0 Å². The van der Waals surface area contributed by atoms with Crippen LogP contribution in [0, 0.1) is 0 Å². The van der Waals surface area contributed by atoms with Crippen molar-refractivity contribution in [3.63, 3.8) is 0 Å². The molecule has 17 heavy (non-hydrogen) atoms. The van der Waals surface area contributed by atoms with Gasteiger partial charge >= 0.3 is 0 Å². The molecule has 0 aliphatic carbocycles. The average Bonchev–Trinajstić information content (AvgIpc) is 2.77. The molecule has 2 rings (SSSR count). The van der Waals surface area contributed by atoms with Crippen LogP contribution in [-0.4, -0.2) is 55.5 Å². The summed E-state index contributed by atoms with van der Waals surface area (Å²) in [6, 6.07) is 1.91. The van der Waals surface area contributed by atoms with Crippen molar-refractivity contribution in [2.75, 3.05) is 45.1 Å². The summed E-state index contributed by atoms with van der Waals surface area (Å²) in [5, 5.41) is 6.36. The second kappa shape index (κ2) is 5.70. The van der Waals surface area contributed by atoms with Gasteiger partial charge in [0.25, 0.3) is 0 Å². The van der Waals surface area contributed by atoms with E-state index < -0.39 is 0 Å². The fraction of sp³-hybridized carbons (Fsp3) is 0.545. The van der Waals surface area contributed by atoms with E-state index in [0.29, 0.717) is 5.84 Å². The summed E-state index contributed by atoms with van der Waals surface area (Å²) >= 11 is 0. The molecule has 1 aromatic heterocycles. The summed E-state index contributed by atoms with van der Waals surface area (Å²) in [6.45, 7) is 4.85. The predicted octanol–water partition coefficient (Wildman–Crippen LogP) is -0.0497. The van der Waals surface area contributed by atoms with Crippen molar-refractivity contribution in [3.05, 3.63) is 12.3 Å². The zero-order valence-electron chi connectivity index (χ0n) is 10.2. The van der Waals surface area contributed by atoms with E-state index in [0.717, 1.165) is 44.2 Å². The van der Waals surface area contributed by atoms with E-state index in [1.807, 2.05) is 19.3 Å². The van der Waals surface area contributed by atoms with Crippen LogP contribution in [0.1, 0.15) is 0 Å². The van der Waals surface area contributed by atoms with E-state index in [1.54, 1.807) is 0 Å². The number of nitrogens with one attached hydrogen (secondary N) is 3. The zero-order chi connectivity index (χ0) is 12.1. The summed E-state index contributed by atoms with van der Waals surface area (Å²) in [5.41, 5.74) is 6.83. The van der Waals surface area contributed by atoms with Gasteiger partial charge in [-0.1, -0.05) is 0 Å². The van der Waals surface area contributed by atoms with Crippen LogP contribution in [-0.2, 0) is 0 Å². The molecule has 2 heterocycles. The number of hydrogen-bond donors (Lipinski definition) is 4. The highest BCUT2D eigenvalue weighted by atomic mass is 15.2. The number of amidine groups is 1. The van der Waals surface area contributed by atoms with Crippen LogP contribution < -0.4 is 16.4 Å². The maximum atomic E-state index is 5.97. The van der Waals surface area contributed by atoms with E-state index in [9.17, 15) is 0 Å². The first-order valence-electron chi connectivity index (χ1n) is 5.91. The average molecular weight is 236 g/mol. The Morgan fingerprint density at radius 1 is 1.53 bits per heavy atom.